The summed E-state index contributed by atoms with van der Waals surface area (Å²) in [6.07, 6.45) is 0. The van der Waals surface area contributed by atoms with E-state index in [0.717, 1.165) is 34.9 Å². The van der Waals surface area contributed by atoms with Crippen LogP contribution in [0.4, 0.5) is 5.69 Å². The summed E-state index contributed by atoms with van der Waals surface area (Å²) in [5.74, 6) is 1.49. The molecule has 22 heavy (non-hydrogen) atoms. The number of methoxy groups -OCH3 is 1. The van der Waals surface area contributed by atoms with Gasteiger partial charge in [0.05, 0.1) is 18.3 Å². The van der Waals surface area contributed by atoms with Crippen molar-refractivity contribution in [2.75, 3.05) is 12.8 Å². The van der Waals surface area contributed by atoms with E-state index in [1.807, 2.05) is 42.5 Å². The van der Waals surface area contributed by atoms with Crippen LogP contribution in [-0.4, -0.2) is 11.7 Å². The van der Waals surface area contributed by atoms with Gasteiger partial charge in [0.1, 0.15) is 6.61 Å². The molecule has 0 saturated heterocycles. The van der Waals surface area contributed by atoms with Gasteiger partial charge in [-0.3, -0.25) is 0 Å². The Kier molecular flexibility index (Phi) is 3.92. The standard InChI is InChI=1S/C18H20N2O2/c1-3-20-15(10-13-8-9-14(19)11-16(13)20)12-22-18-7-5-4-6-17(18)21-2/h4-11H,3,12,19H2,1-2H3. The quantitative estimate of drug-likeness (QED) is 0.728. The first-order valence-electron chi connectivity index (χ1n) is 7.36. The van der Waals surface area contributed by atoms with Crippen LogP contribution in [0.5, 0.6) is 11.5 Å². The highest BCUT2D eigenvalue weighted by Gasteiger charge is 2.10. The third-order valence-electron chi connectivity index (χ3n) is 3.77. The lowest BCUT2D eigenvalue weighted by atomic mass is 10.2. The average Bonchev–Trinajstić information content (AvgIpc) is 2.89. The second-order valence-electron chi connectivity index (χ2n) is 5.14. The summed E-state index contributed by atoms with van der Waals surface area (Å²) in [5.41, 5.74) is 8.93. The van der Waals surface area contributed by atoms with Crippen LogP contribution in [0, 0.1) is 0 Å². The molecule has 114 valence electrons. The Balaban J connectivity index is 1.90. The molecule has 0 bridgehead atoms. The molecule has 3 rings (SSSR count). The molecule has 1 aromatic heterocycles. The maximum Gasteiger partial charge on any atom is 0.161 e. The van der Waals surface area contributed by atoms with E-state index in [9.17, 15) is 0 Å². The van der Waals surface area contributed by atoms with Gasteiger partial charge in [0, 0.05) is 17.6 Å². The number of rotatable bonds is 5. The largest absolute Gasteiger partial charge is 0.493 e. The summed E-state index contributed by atoms with van der Waals surface area (Å²) in [6, 6.07) is 15.8. The lowest BCUT2D eigenvalue weighted by Crippen LogP contribution is -2.05. The normalized spacial score (nSPS) is 10.8. The molecule has 2 N–H and O–H groups in total. The molecule has 4 nitrogen and oxygen atoms in total. The highest BCUT2D eigenvalue weighted by molar-refractivity contribution is 5.84. The van der Waals surface area contributed by atoms with Crippen molar-refractivity contribution >= 4 is 16.6 Å². The molecule has 4 heteroatoms. The molecule has 0 radical (unpaired) electrons. The number of hydrogen-bond donors (Lipinski definition) is 1. The number of nitrogens with two attached hydrogens (primary N) is 1. The molecule has 0 aliphatic heterocycles. The molecular formula is C18H20N2O2. The smallest absolute Gasteiger partial charge is 0.161 e. The van der Waals surface area contributed by atoms with Crippen LogP contribution in [0.2, 0.25) is 0 Å². The van der Waals surface area contributed by atoms with Crippen molar-refractivity contribution < 1.29 is 9.47 Å². The van der Waals surface area contributed by atoms with Crippen molar-refractivity contribution in [3.05, 3.63) is 54.2 Å². The molecule has 0 fully saturated rings. The Bertz CT molecular complexity index is 793. The minimum absolute atomic E-state index is 0.489. The fourth-order valence-electron chi connectivity index (χ4n) is 2.71. The van der Waals surface area contributed by atoms with Crippen LogP contribution in [-0.2, 0) is 13.2 Å². The van der Waals surface area contributed by atoms with Crippen molar-refractivity contribution in [2.24, 2.45) is 0 Å². The van der Waals surface area contributed by atoms with E-state index in [0.29, 0.717) is 6.61 Å². The molecule has 2 aromatic carbocycles. The monoisotopic (exact) mass is 296 g/mol. The first kappa shape index (κ1) is 14.3. The number of aromatic nitrogens is 1. The highest BCUT2D eigenvalue weighted by atomic mass is 16.5. The summed E-state index contributed by atoms with van der Waals surface area (Å²) in [5, 5.41) is 1.18. The van der Waals surface area contributed by atoms with Gasteiger partial charge in [0.15, 0.2) is 11.5 Å². The van der Waals surface area contributed by atoms with Crippen LogP contribution in [0.1, 0.15) is 12.6 Å². The molecule has 0 aliphatic rings. The van der Waals surface area contributed by atoms with Crippen molar-refractivity contribution in [3.63, 3.8) is 0 Å². The van der Waals surface area contributed by atoms with Gasteiger partial charge >= 0.3 is 0 Å². The fraction of sp³-hybridized carbons (Fsp3) is 0.222. The number of benzene rings is 2. The first-order chi connectivity index (χ1) is 10.7. The summed E-state index contributed by atoms with van der Waals surface area (Å²) >= 11 is 0. The zero-order valence-electron chi connectivity index (χ0n) is 12.9. The van der Waals surface area contributed by atoms with E-state index in [4.69, 9.17) is 15.2 Å². The van der Waals surface area contributed by atoms with Crippen LogP contribution < -0.4 is 15.2 Å². The average molecular weight is 296 g/mol. The minimum Gasteiger partial charge on any atom is -0.493 e. The molecule has 0 amide bonds. The molecule has 3 aromatic rings. The van der Waals surface area contributed by atoms with E-state index in [1.54, 1.807) is 7.11 Å². The zero-order valence-corrected chi connectivity index (χ0v) is 12.9. The van der Waals surface area contributed by atoms with Gasteiger partial charge in [0.25, 0.3) is 0 Å². The number of aryl methyl sites for hydroxylation is 1. The Hall–Kier alpha value is -2.62. The second kappa shape index (κ2) is 6.02. The summed E-state index contributed by atoms with van der Waals surface area (Å²) in [7, 11) is 1.65. The lowest BCUT2D eigenvalue weighted by molar-refractivity contribution is 0.277. The van der Waals surface area contributed by atoms with Gasteiger partial charge in [-0.1, -0.05) is 18.2 Å². The summed E-state index contributed by atoms with van der Waals surface area (Å²) in [6.45, 7) is 3.48. The van der Waals surface area contributed by atoms with Gasteiger partial charge in [0.2, 0.25) is 0 Å². The van der Waals surface area contributed by atoms with Gasteiger partial charge in [-0.25, -0.2) is 0 Å². The molecule has 0 saturated carbocycles. The van der Waals surface area contributed by atoms with Crippen molar-refractivity contribution in [1.29, 1.82) is 0 Å². The lowest BCUT2D eigenvalue weighted by Gasteiger charge is -2.12. The SMILES string of the molecule is CCn1c(COc2ccccc2OC)cc2ccc(N)cc21. The zero-order chi connectivity index (χ0) is 15.5. The Morgan fingerprint density at radius 2 is 1.82 bits per heavy atom. The third-order valence-corrected chi connectivity index (χ3v) is 3.77. The second-order valence-corrected chi connectivity index (χ2v) is 5.14. The Morgan fingerprint density at radius 3 is 2.55 bits per heavy atom. The number of para-hydroxylation sites is 2. The van der Waals surface area contributed by atoms with Crippen LogP contribution >= 0.6 is 0 Å². The summed E-state index contributed by atoms with van der Waals surface area (Å²) < 4.78 is 13.5. The highest BCUT2D eigenvalue weighted by Crippen LogP contribution is 2.28. The van der Waals surface area contributed by atoms with Crippen LogP contribution in [0.3, 0.4) is 0 Å². The Morgan fingerprint density at radius 1 is 1.05 bits per heavy atom. The number of fused-ring (bicyclic) bond motifs is 1. The number of anilines is 1. The predicted molar refractivity (Wildman–Crippen MR) is 89.4 cm³/mol. The van der Waals surface area contributed by atoms with Crippen molar-refractivity contribution in [3.8, 4) is 11.5 Å². The fourth-order valence-corrected chi connectivity index (χ4v) is 2.71. The molecule has 1 heterocycles. The minimum atomic E-state index is 0.489. The van der Waals surface area contributed by atoms with E-state index in [-0.39, 0.29) is 0 Å². The predicted octanol–water partition coefficient (Wildman–Crippen LogP) is 3.83. The molecule has 0 unspecified atom stereocenters. The number of hydrogen-bond acceptors (Lipinski definition) is 3. The molecule has 0 spiro atoms. The van der Waals surface area contributed by atoms with E-state index < -0.39 is 0 Å². The van der Waals surface area contributed by atoms with Crippen molar-refractivity contribution in [1.82, 2.24) is 4.57 Å². The molecule has 0 atom stereocenters. The third kappa shape index (κ3) is 2.60. The molecule has 0 aliphatic carbocycles. The maximum absolute atomic E-state index is 5.94. The van der Waals surface area contributed by atoms with E-state index in [2.05, 4.69) is 17.6 Å². The van der Waals surface area contributed by atoms with Crippen molar-refractivity contribution in [2.45, 2.75) is 20.1 Å². The summed E-state index contributed by atoms with van der Waals surface area (Å²) in [4.78, 5) is 0. The number of ether oxygens (including phenoxy) is 2. The Labute approximate surface area is 130 Å². The topological polar surface area (TPSA) is 49.4 Å². The van der Waals surface area contributed by atoms with Crippen LogP contribution in [0.15, 0.2) is 48.5 Å². The van der Waals surface area contributed by atoms with E-state index in [1.165, 1.54) is 5.39 Å². The number of nitrogens with zero attached hydrogens (tertiary/aromatic N) is 1. The maximum atomic E-state index is 5.94. The van der Waals surface area contributed by atoms with Gasteiger partial charge < -0.3 is 19.8 Å². The first-order valence-corrected chi connectivity index (χ1v) is 7.36. The molecular weight excluding hydrogens is 276 g/mol. The van der Waals surface area contributed by atoms with E-state index >= 15 is 0 Å². The van der Waals surface area contributed by atoms with Gasteiger partial charge in [-0.15, -0.1) is 0 Å². The van der Waals surface area contributed by atoms with Gasteiger partial charge in [-0.05, 0) is 37.3 Å². The number of nitrogen functional groups attached to an aromatic ring is 1. The van der Waals surface area contributed by atoms with Crippen LogP contribution in [0.25, 0.3) is 10.9 Å². The van der Waals surface area contributed by atoms with Gasteiger partial charge in [-0.2, -0.15) is 0 Å².